The Morgan fingerprint density at radius 3 is 2.50 bits per heavy atom. The van der Waals surface area contributed by atoms with Crippen LogP contribution in [0, 0.1) is 0 Å². The third-order valence-corrected chi connectivity index (χ3v) is 5.54. The SMILES string of the molecule is CC(C)Oc1ccc(S(=O)(=O)N2CCn3cccc3C2)cc1. The fourth-order valence-electron chi connectivity index (χ4n) is 2.61. The van der Waals surface area contributed by atoms with Crippen LogP contribution in [0.25, 0.3) is 0 Å². The molecular formula is C16H20N2O3S. The molecule has 5 nitrogen and oxygen atoms in total. The summed E-state index contributed by atoms with van der Waals surface area (Å²) in [6.45, 7) is 5.48. The van der Waals surface area contributed by atoms with E-state index in [0.717, 1.165) is 5.69 Å². The summed E-state index contributed by atoms with van der Waals surface area (Å²) < 4.78 is 34.6. The summed E-state index contributed by atoms with van der Waals surface area (Å²) >= 11 is 0. The second-order valence-electron chi connectivity index (χ2n) is 5.67. The molecule has 0 bridgehead atoms. The lowest BCUT2D eigenvalue weighted by Gasteiger charge is -2.28. The normalized spacial score (nSPS) is 15.8. The topological polar surface area (TPSA) is 51.5 Å². The van der Waals surface area contributed by atoms with E-state index in [1.54, 1.807) is 24.3 Å². The molecule has 22 heavy (non-hydrogen) atoms. The van der Waals surface area contributed by atoms with Gasteiger partial charge in [-0.25, -0.2) is 8.42 Å². The van der Waals surface area contributed by atoms with E-state index in [1.165, 1.54) is 4.31 Å². The minimum absolute atomic E-state index is 0.0670. The Morgan fingerprint density at radius 2 is 1.82 bits per heavy atom. The van der Waals surface area contributed by atoms with Gasteiger partial charge in [-0.3, -0.25) is 0 Å². The Bertz CT molecular complexity index is 748. The van der Waals surface area contributed by atoms with Gasteiger partial charge in [0.25, 0.3) is 0 Å². The van der Waals surface area contributed by atoms with Crippen LogP contribution in [0.1, 0.15) is 19.5 Å². The van der Waals surface area contributed by atoms with E-state index < -0.39 is 10.0 Å². The number of hydrogen-bond donors (Lipinski definition) is 0. The molecule has 0 saturated heterocycles. The molecule has 0 amide bonds. The zero-order valence-corrected chi connectivity index (χ0v) is 13.6. The van der Waals surface area contributed by atoms with E-state index in [1.807, 2.05) is 32.2 Å². The van der Waals surface area contributed by atoms with Gasteiger partial charge in [0.05, 0.1) is 17.5 Å². The molecule has 1 aromatic carbocycles. The number of benzene rings is 1. The minimum Gasteiger partial charge on any atom is -0.491 e. The van der Waals surface area contributed by atoms with E-state index in [2.05, 4.69) is 4.57 Å². The molecule has 0 saturated carbocycles. The van der Waals surface area contributed by atoms with Crippen molar-refractivity contribution in [3.63, 3.8) is 0 Å². The summed E-state index contributed by atoms with van der Waals surface area (Å²) in [5, 5.41) is 0. The molecule has 0 N–H and O–H groups in total. The molecule has 0 atom stereocenters. The van der Waals surface area contributed by atoms with Crippen LogP contribution in [0.2, 0.25) is 0 Å². The summed E-state index contributed by atoms with van der Waals surface area (Å²) in [5.74, 6) is 0.682. The Balaban J connectivity index is 1.81. The molecule has 6 heteroatoms. The minimum atomic E-state index is -3.46. The lowest BCUT2D eigenvalue weighted by Crippen LogP contribution is -2.37. The van der Waals surface area contributed by atoms with Crippen LogP contribution < -0.4 is 4.74 Å². The van der Waals surface area contributed by atoms with Crippen molar-refractivity contribution in [3.05, 3.63) is 48.3 Å². The standard InChI is InChI=1S/C16H20N2O3S/c1-13(2)21-15-5-7-16(8-6-15)22(19,20)18-11-10-17-9-3-4-14(17)12-18/h3-9,13H,10-12H2,1-2H3. The summed E-state index contributed by atoms with van der Waals surface area (Å²) in [4.78, 5) is 0.309. The van der Waals surface area contributed by atoms with Gasteiger partial charge >= 0.3 is 0 Å². The summed E-state index contributed by atoms with van der Waals surface area (Å²) in [7, 11) is -3.46. The van der Waals surface area contributed by atoms with Crippen LogP contribution >= 0.6 is 0 Å². The molecule has 0 radical (unpaired) electrons. The highest BCUT2D eigenvalue weighted by molar-refractivity contribution is 7.89. The van der Waals surface area contributed by atoms with Gasteiger partial charge in [-0.05, 0) is 50.2 Å². The van der Waals surface area contributed by atoms with Gasteiger partial charge in [-0.15, -0.1) is 0 Å². The average molecular weight is 320 g/mol. The quantitative estimate of drug-likeness (QED) is 0.869. The van der Waals surface area contributed by atoms with Crippen LogP contribution in [-0.2, 0) is 23.1 Å². The maximum atomic E-state index is 12.7. The lowest BCUT2D eigenvalue weighted by atomic mass is 10.3. The van der Waals surface area contributed by atoms with Crippen molar-refractivity contribution < 1.29 is 13.2 Å². The zero-order chi connectivity index (χ0) is 15.7. The van der Waals surface area contributed by atoms with Crippen LogP contribution in [0.3, 0.4) is 0 Å². The Kier molecular flexibility index (Phi) is 3.97. The number of nitrogens with zero attached hydrogens (tertiary/aromatic N) is 2. The summed E-state index contributed by atoms with van der Waals surface area (Å²) in [6, 6.07) is 10.5. The number of sulfonamides is 1. The first-order chi connectivity index (χ1) is 10.5. The highest BCUT2D eigenvalue weighted by Crippen LogP contribution is 2.24. The van der Waals surface area contributed by atoms with E-state index in [-0.39, 0.29) is 6.10 Å². The van der Waals surface area contributed by atoms with E-state index in [9.17, 15) is 8.42 Å². The molecule has 0 unspecified atom stereocenters. The third kappa shape index (κ3) is 2.89. The van der Waals surface area contributed by atoms with Crippen molar-refractivity contribution in [2.75, 3.05) is 6.54 Å². The molecule has 0 spiro atoms. The number of ether oxygens (including phenoxy) is 1. The van der Waals surface area contributed by atoms with Crippen molar-refractivity contribution >= 4 is 10.0 Å². The molecule has 0 aliphatic carbocycles. The van der Waals surface area contributed by atoms with Gasteiger partial charge in [-0.1, -0.05) is 0 Å². The van der Waals surface area contributed by atoms with E-state index in [4.69, 9.17) is 4.74 Å². The Labute approximate surface area is 131 Å². The molecule has 2 heterocycles. The van der Waals surface area contributed by atoms with E-state index in [0.29, 0.717) is 30.3 Å². The fraction of sp³-hybridized carbons (Fsp3) is 0.375. The van der Waals surface area contributed by atoms with Gasteiger partial charge in [0.2, 0.25) is 10.0 Å². The van der Waals surface area contributed by atoms with Crippen molar-refractivity contribution in [2.24, 2.45) is 0 Å². The number of aromatic nitrogens is 1. The van der Waals surface area contributed by atoms with Gasteiger partial charge in [0.15, 0.2) is 0 Å². The number of rotatable bonds is 4. The third-order valence-electron chi connectivity index (χ3n) is 3.69. The predicted molar refractivity (Wildman–Crippen MR) is 84.2 cm³/mol. The van der Waals surface area contributed by atoms with Gasteiger partial charge in [-0.2, -0.15) is 4.31 Å². The highest BCUT2D eigenvalue weighted by atomic mass is 32.2. The molecule has 1 aliphatic heterocycles. The second-order valence-corrected chi connectivity index (χ2v) is 7.61. The monoisotopic (exact) mass is 320 g/mol. The first-order valence-corrected chi connectivity index (χ1v) is 8.82. The Morgan fingerprint density at radius 1 is 1.09 bits per heavy atom. The smallest absolute Gasteiger partial charge is 0.243 e. The largest absolute Gasteiger partial charge is 0.491 e. The average Bonchev–Trinajstić information content (AvgIpc) is 2.94. The number of hydrogen-bond acceptors (Lipinski definition) is 3. The molecule has 118 valence electrons. The van der Waals surface area contributed by atoms with Crippen molar-refractivity contribution in [3.8, 4) is 5.75 Å². The summed E-state index contributed by atoms with van der Waals surface area (Å²) in [6.07, 6.45) is 2.05. The lowest BCUT2D eigenvalue weighted by molar-refractivity contribution is 0.242. The molecule has 1 aromatic heterocycles. The van der Waals surface area contributed by atoms with Gasteiger partial charge < -0.3 is 9.30 Å². The van der Waals surface area contributed by atoms with Crippen molar-refractivity contribution in [1.82, 2.24) is 8.87 Å². The molecule has 2 aromatic rings. The van der Waals surface area contributed by atoms with Crippen molar-refractivity contribution in [1.29, 1.82) is 0 Å². The maximum absolute atomic E-state index is 12.7. The van der Waals surface area contributed by atoms with Gasteiger partial charge in [0.1, 0.15) is 5.75 Å². The molecule has 0 fully saturated rings. The second kappa shape index (κ2) is 5.78. The van der Waals surface area contributed by atoms with Crippen LogP contribution in [0.5, 0.6) is 5.75 Å². The van der Waals surface area contributed by atoms with Crippen LogP contribution in [-0.4, -0.2) is 29.9 Å². The van der Waals surface area contributed by atoms with Crippen molar-refractivity contribution in [2.45, 2.75) is 37.9 Å². The van der Waals surface area contributed by atoms with Crippen LogP contribution in [0.15, 0.2) is 47.5 Å². The first kappa shape index (κ1) is 15.1. The fourth-order valence-corrected chi connectivity index (χ4v) is 4.01. The predicted octanol–water partition coefficient (Wildman–Crippen LogP) is 2.48. The van der Waals surface area contributed by atoms with Crippen LogP contribution in [0.4, 0.5) is 0 Å². The highest BCUT2D eigenvalue weighted by Gasteiger charge is 2.28. The molecule has 3 rings (SSSR count). The molecule has 1 aliphatic rings. The first-order valence-electron chi connectivity index (χ1n) is 7.38. The van der Waals surface area contributed by atoms with Gasteiger partial charge in [0, 0.05) is 25.0 Å². The maximum Gasteiger partial charge on any atom is 0.243 e. The zero-order valence-electron chi connectivity index (χ0n) is 12.8. The van der Waals surface area contributed by atoms with E-state index >= 15 is 0 Å². The molecular weight excluding hydrogens is 300 g/mol. The number of fused-ring (bicyclic) bond motifs is 1. The summed E-state index contributed by atoms with van der Waals surface area (Å²) in [5.41, 5.74) is 1.02. The Hall–Kier alpha value is -1.79.